The molecule has 0 unspecified atom stereocenters. The van der Waals surface area contributed by atoms with Gasteiger partial charge in [-0.25, -0.2) is 0 Å². The number of aromatic amines is 1. The molecule has 0 fully saturated rings. The predicted octanol–water partition coefficient (Wildman–Crippen LogP) is 3.66. The van der Waals surface area contributed by atoms with Crippen LogP contribution in [-0.4, -0.2) is 4.98 Å². The van der Waals surface area contributed by atoms with Crippen LogP contribution in [0.3, 0.4) is 0 Å². The lowest BCUT2D eigenvalue weighted by Gasteiger charge is -1.96. The van der Waals surface area contributed by atoms with Crippen molar-refractivity contribution in [3.63, 3.8) is 0 Å². The summed E-state index contributed by atoms with van der Waals surface area (Å²) < 4.78 is 1.14. The molecular weight excluding hydrogens is 226 g/mol. The fourth-order valence-corrected chi connectivity index (χ4v) is 2.15. The lowest BCUT2D eigenvalue weighted by Crippen LogP contribution is -1.77. The summed E-state index contributed by atoms with van der Waals surface area (Å²) in [6, 6.07) is 6.16. The largest absolute Gasteiger partial charge is 0.361 e. The van der Waals surface area contributed by atoms with Crippen molar-refractivity contribution < 1.29 is 0 Å². The molecule has 0 saturated carbocycles. The van der Waals surface area contributed by atoms with Gasteiger partial charge in [0.25, 0.3) is 0 Å². The van der Waals surface area contributed by atoms with E-state index in [1.165, 1.54) is 16.5 Å². The zero-order chi connectivity index (χ0) is 9.26. The molecule has 13 heavy (non-hydrogen) atoms. The zero-order valence-corrected chi connectivity index (χ0v) is 8.76. The first-order chi connectivity index (χ1) is 6.33. The molecule has 0 aliphatic heterocycles. The third kappa shape index (κ3) is 1.42. The number of H-pyrrole nitrogens is 1. The number of nitrogens with one attached hydrogen (secondary N) is 1. The summed E-state index contributed by atoms with van der Waals surface area (Å²) in [5.74, 6) is 0. The number of fused-ring (bicyclic) bond motifs is 1. The van der Waals surface area contributed by atoms with Crippen LogP contribution in [0.15, 0.2) is 41.5 Å². The van der Waals surface area contributed by atoms with Crippen molar-refractivity contribution in [1.82, 2.24) is 4.98 Å². The van der Waals surface area contributed by atoms with E-state index in [2.05, 4.69) is 39.6 Å². The molecular formula is C11H10BrN. The molecule has 0 amide bonds. The second-order valence-corrected chi connectivity index (χ2v) is 3.82. The second kappa shape index (κ2) is 3.38. The minimum absolute atomic E-state index is 0.905. The van der Waals surface area contributed by atoms with Gasteiger partial charge in [0, 0.05) is 21.6 Å². The van der Waals surface area contributed by atoms with Crippen molar-refractivity contribution in [1.29, 1.82) is 0 Å². The first-order valence-corrected chi connectivity index (χ1v) is 4.97. The minimum Gasteiger partial charge on any atom is -0.361 e. The Bertz CT molecular complexity index is 442. The van der Waals surface area contributed by atoms with E-state index in [9.17, 15) is 0 Å². The molecule has 2 aromatic rings. The first-order valence-electron chi connectivity index (χ1n) is 4.18. The topological polar surface area (TPSA) is 15.8 Å². The summed E-state index contributed by atoms with van der Waals surface area (Å²) >= 11 is 3.54. The van der Waals surface area contributed by atoms with Crippen molar-refractivity contribution in [2.24, 2.45) is 0 Å². The molecule has 0 aliphatic rings. The standard InChI is InChI=1S/C11H10BrN/c1-2-4-8-7-13-10-6-3-5-9(12)11(8)10/h2-3,5-7,13H,1,4H2. The van der Waals surface area contributed by atoms with Crippen molar-refractivity contribution in [3.05, 3.63) is 47.1 Å². The van der Waals surface area contributed by atoms with E-state index < -0.39 is 0 Å². The number of hydrogen-bond donors (Lipinski definition) is 1. The smallest absolute Gasteiger partial charge is 0.0468 e. The van der Waals surface area contributed by atoms with Gasteiger partial charge in [-0.3, -0.25) is 0 Å². The Kier molecular flexibility index (Phi) is 2.23. The van der Waals surface area contributed by atoms with Crippen molar-refractivity contribution in [3.8, 4) is 0 Å². The Hall–Kier alpha value is -1.02. The first kappa shape index (κ1) is 8.57. The van der Waals surface area contributed by atoms with E-state index >= 15 is 0 Å². The van der Waals surface area contributed by atoms with Crippen LogP contribution < -0.4 is 0 Å². The lowest BCUT2D eigenvalue weighted by atomic mass is 10.1. The number of hydrogen-bond acceptors (Lipinski definition) is 0. The number of benzene rings is 1. The van der Waals surface area contributed by atoms with Gasteiger partial charge in [-0.1, -0.05) is 28.1 Å². The highest BCUT2D eigenvalue weighted by Crippen LogP contribution is 2.27. The van der Waals surface area contributed by atoms with E-state index in [4.69, 9.17) is 0 Å². The van der Waals surface area contributed by atoms with Gasteiger partial charge in [-0.2, -0.15) is 0 Å². The molecule has 1 aromatic carbocycles. The highest BCUT2D eigenvalue weighted by atomic mass is 79.9. The number of halogens is 1. The quantitative estimate of drug-likeness (QED) is 0.766. The van der Waals surface area contributed by atoms with Crippen molar-refractivity contribution in [2.75, 3.05) is 0 Å². The average molecular weight is 236 g/mol. The number of allylic oxidation sites excluding steroid dienone is 1. The average Bonchev–Trinajstić information content (AvgIpc) is 2.51. The maximum absolute atomic E-state index is 3.74. The molecule has 0 saturated heterocycles. The summed E-state index contributed by atoms with van der Waals surface area (Å²) in [4.78, 5) is 3.24. The van der Waals surface area contributed by atoms with E-state index in [0.29, 0.717) is 0 Å². The van der Waals surface area contributed by atoms with Crippen molar-refractivity contribution >= 4 is 26.8 Å². The van der Waals surface area contributed by atoms with Crippen LogP contribution in [0.4, 0.5) is 0 Å². The molecule has 1 N–H and O–H groups in total. The van der Waals surface area contributed by atoms with Crippen LogP contribution in [0.1, 0.15) is 5.56 Å². The Morgan fingerprint density at radius 3 is 3.08 bits per heavy atom. The van der Waals surface area contributed by atoms with E-state index in [-0.39, 0.29) is 0 Å². The number of aromatic nitrogens is 1. The highest BCUT2D eigenvalue weighted by molar-refractivity contribution is 9.10. The Morgan fingerprint density at radius 1 is 1.46 bits per heavy atom. The summed E-state index contributed by atoms with van der Waals surface area (Å²) in [6.45, 7) is 3.74. The molecule has 1 aromatic heterocycles. The van der Waals surface area contributed by atoms with Crippen LogP contribution in [0, 0.1) is 0 Å². The van der Waals surface area contributed by atoms with Crippen molar-refractivity contribution in [2.45, 2.75) is 6.42 Å². The normalized spacial score (nSPS) is 10.5. The Labute approximate surface area is 85.6 Å². The van der Waals surface area contributed by atoms with Crippen LogP contribution in [0.2, 0.25) is 0 Å². The maximum Gasteiger partial charge on any atom is 0.0468 e. The molecule has 0 spiro atoms. The summed E-state index contributed by atoms with van der Waals surface area (Å²) in [5, 5.41) is 1.27. The third-order valence-electron chi connectivity index (χ3n) is 2.10. The van der Waals surface area contributed by atoms with Gasteiger partial charge in [0.05, 0.1) is 0 Å². The molecule has 1 nitrogen and oxygen atoms in total. The van der Waals surface area contributed by atoms with Gasteiger partial charge in [0.1, 0.15) is 0 Å². The van der Waals surface area contributed by atoms with Crippen LogP contribution in [0.25, 0.3) is 10.9 Å². The molecule has 2 heteroatoms. The monoisotopic (exact) mass is 235 g/mol. The van der Waals surface area contributed by atoms with Gasteiger partial charge < -0.3 is 4.98 Å². The van der Waals surface area contributed by atoms with Gasteiger partial charge in [-0.15, -0.1) is 6.58 Å². The highest BCUT2D eigenvalue weighted by Gasteiger charge is 2.04. The number of rotatable bonds is 2. The summed E-state index contributed by atoms with van der Waals surface area (Å²) in [6.07, 6.45) is 4.86. The van der Waals surface area contributed by atoms with Gasteiger partial charge in [0.15, 0.2) is 0 Å². The zero-order valence-electron chi connectivity index (χ0n) is 7.18. The third-order valence-corrected chi connectivity index (χ3v) is 2.76. The van der Waals surface area contributed by atoms with Crippen LogP contribution >= 0.6 is 15.9 Å². The molecule has 1 heterocycles. The molecule has 0 radical (unpaired) electrons. The van der Waals surface area contributed by atoms with E-state index in [0.717, 1.165) is 10.9 Å². The van der Waals surface area contributed by atoms with Gasteiger partial charge in [0.2, 0.25) is 0 Å². The summed E-state index contributed by atoms with van der Waals surface area (Å²) in [7, 11) is 0. The van der Waals surface area contributed by atoms with Crippen LogP contribution in [0.5, 0.6) is 0 Å². The van der Waals surface area contributed by atoms with Crippen LogP contribution in [-0.2, 0) is 6.42 Å². The second-order valence-electron chi connectivity index (χ2n) is 2.97. The SMILES string of the molecule is C=CCc1c[nH]c2cccc(Br)c12. The van der Waals surface area contributed by atoms with E-state index in [1.54, 1.807) is 0 Å². The maximum atomic E-state index is 3.74. The summed E-state index contributed by atoms with van der Waals surface area (Å²) in [5.41, 5.74) is 2.46. The van der Waals surface area contributed by atoms with Gasteiger partial charge in [-0.05, 0) is 24.1 Å². The molecule has 0 atom stereocenters. The minimum atomic E-state index is 0.905. The Morgan fingerprint density at radius 2 is 2.31 bits per heavy atom. The predicted molar refractivity (Wildman–Crippen MR) is 59.9 cm³/mol. The fourth-order valence-electron chi connectivity index (χ4n) is 1.52. The van der Waals surface area contributed by atoms with E-state index in [1.807, 2.05) is 18.3 Å². The van der Waals surface area contributed by atoms with Gasteiger partial charge >= 0.3 is 0 Å². The molecule has 0 aliphatic carbocycles. The molecule has 0 bridgehead atoms. The Balaban J connectivity index is 2.70. The fraction of sp³-hybridized carbons (Fsp3) is 0.0909. The molecule has 66 valence electrons. The molecule has 2 rings (SSSR count). The lowest BCUT2D eigenvalue weighted by molar-refractivity contribution is 1.29.